The van der Waals surface area contributed by atoms with E-state index in [1.165, 1.54) is 18.2 Å². The first-order valence-corrected chi connectivity index (χ1v) is 7.45. The van der Waals surface area contributed by atoms with Crippen LogP contribution in [0.2, 0.25) is 0 Å². The summed E-state index contributed by atoms with van der Waals surface area (Å²) in [6, 6.07) is 14.5. The van der Waals surface area contributed by atoms with Crippen LogP contribution < -0.4 is 10.6 Å². The van der Waals surface area contributed by atoms with Crippen molar-refractivity contribution in [2.75, 3.05) is 10.6 Å². The Hall–Kier alpha value is -3.20. The van der Waals surface area contributed by atoms with Gasteiger partial charge in [-0.15, -0.1) is 0 Å². The van der Waals surface area contributed by atoms with E-state index in [1.54, 1.807) is 30.3 Å². The Balaban J connectivity index is 1.61. The van der Waals surface area contributed by atoms with Gasteiger partial charge in [0.15, 0.2) is 0 Å². The number of halogens is 1. The zero-order valence-corrected chi connectivity index (χ0v) is 12.6. The zero-order chi connectivity index (χ0) is 17.1. The van der Waals surface area contributed by atoms with Gasteiger partial charge in [-0.05, 0) is 30.7 Å². The molecule has 2 unspecified atom stereocenters. The van der Waals surface area contributed by atoms with Crippen LogP contribution in [0.1, 0.15) is 12.0 Å². The average Bonchev–Trinajstić information content (AvgIpc) is 3.38. The molecule has 0 aliphatic heterocycles. The summed E-state index contributed by atoms with van der Waals surface area (Å²) in [7, 11) is 0. The van der Waals surface area contributed by atoms with E-state index in [-0.39, 0.29) is 17.5 Å². The Morgan fingerprint density at radius 1 is 0.958 bits per heavy atom. The first-order valence-electron chi connectivity index (χ1n) is 7.45. The van der Waals surface area contributed by atoms with E-state index in [0.29, 0.717) is 17.7 Å². The summed E-state index contributed by atoms with van der Waals surface area (Å²) in [5.41, 5.74) is 0.882. The highest BCUT2D eigenvalue weighted by Gasteiger charge is 2.48. The highest BCUT2D eigenvalue weighted by molar-refractivity contribution is 6.03. The fourth-order valence-corrected chi connectivity index (χ4v) is 2.48. The topological polar surface area (TPSA) is 82.0 Å². The predicted molar refractivity (Wildman–Crippen MR) is 86.4 cm³/mol. The number of carbonyl (C=O) groups is 2. The average molecular weight is 323 g/mol. The fraction of sp³-hybridized carbons (Fsp3) is 0.167. The molecule has 0 heterocycles. The predicted octanol–water partition coefficient (Wildman–Crippen LogP) is 2.91. The van der Waals surface area contributed by atoms with Crippen molar-refractivity contribution in [3.63, 3.8) is 0 Å². The smallest absolute Gasteiger partial charge is 0.228 e. The van der Waals surface area contributed by atoms with Crippen molar-refractivity contribution in [1.29, 1.82) is 5.26 Å². The van der Waals surface area contributed by atoms with Crippen LogP contribution in [0.4, 0.5) is 15.8 Å². The molecule has 2 aromatic carbocycles. The van der Waals surface area contributed by atoms with Crippen LogP contribution in [-0.2, 0) is 9.59 Å². The summed E-state index contributed by atoms with van der Waals surface area (Å²) in [5.74, 6) is -2.17. The van der Waals surface area contributed by atoms with Gasteiger partial charge in [0.2, 0.25) is 11.8 Å². The fourth-order valence-electron chi connectivity index (χ4n) is 2.48. The van der Waals surface area contributed by atoms with Crippen LogP contribution in [0, 0.1) is 29.0 Å². The molecule has 0 bridgehead atoms. The summed E-state index contributed by atoms with van der Waals surface area (Å²) in [6.07, 6.45) is 0.404. The largest absolute Gasteiger partial charge is 0.325 e. The molecule has 0 aromatic heterocycles. The summed E-state index contributed by atoms with van der Waals surface area (Å²) in [6.45, 7) is 0. The minimum Gasteiger partial charge on any atom is -0.325 e. The zero-order valence-electron chi connectivity index (χ0n) is 12.6. The summed E-state index contributed by atoms with van der Waals surface area (Å²) < 4.78 is 13.5. The molecule has 0 spiro atoms. The molecular weight excluding hydrogens is 309 g/mol. The van der Waals surface area contributed by atoms with E-state index in [2.05, 4.69) is 10.6 Å². The first kappa shape index (κ1) is 15.7. The third-order valence-electron chi connectivity index (χ3n) is 3.90. The second-order valence-corrected chi connectivity index (χ2v) is 5.56. The standard InChI is InChI=1S/C18H14FN3O2/c19-14-6-2-4-8-16(14)22-18(24)13-9-12(13)17(23)21-15-7-3-1-5-11(15)10-20/h1-8,12-13H,9H2,(H,21,23)(H,22,24). The number of carbonyl (C=O) groups excluding carboxylic acids is 2. The summed E-state index contributed by atoms with van der Waals surface area (Å²) in [4.78, 5) is 24.3. The molecule has 1 fully saturated rings. The lowest BCUT2D eigenvalue weighted by atomic mass is 10.2. The minimum atomic E-state index is -0.518. The Bertz CT molecular complexity index is 844. The van der Waals surface area contributed by atoms with Crippen LogP contribution in [0.5, 0.6) is 0 Å². The van der Waals surface area contributed by atoms with E-state index < -0.39 is 17.7 Å². The lowest BCUT2D eigenvalue weighted by Gasteiger charge is -2.07. The van der Waals surface area contributed by atoms with Gasteiger partial charge in [0.05, 0.1) is 28.8 Å². The van der Waals surface area contributed by atoms with Crippen LogP contribution in [0.25, 0.3) is 0 Å². The molecule has 120 valence electrons. The van der Waals surface area contributed by atoms with Gasteiger partial charge >= 0.3 is 0 Å². The molecule has 2 amide bonds. The number of nitrogens with zero attached hydrogens (tertiary/aromatic N) is 1. The Morgan fingerprint density at radius 2 is 1.50 bits per heavy atom. The van der Waals surface area contributed by atoms with E-state index in [4.69, 9.17) is 5.26 Å². The minimum absolute atomic E-state index is 0.100. The van der Waals surface area contributed by atoms with Crippen LogP contribution in [0.3, 0.4) is 0 Å². The van der Waals surface area contributed by atoms with E-state index in [0.717, 1.165) is 0 Å². The molecule has 2 atom stereocenters. The maximum Gasteiger partial charge on any atom is 0.228 e. The molecule has 2 aromatic rings. The highest BCUT2D eigenvalue weighted by atomic mass is 19.1. The number of amides is 2. The summed E-state index contributed by atoms with van der Waals surface area (Å²) in [5, 5.41) is 14.2. The SMILES string of the molecule is N#Cc1ccccc1NC(=O)C1CC1C(=O)Nc1ccccc1F. The molecule has 24 heavy (non-hydrogen) atoms. The number of hydrogen-bond donors (Lipinski definition) is 2. The van der Waals surface area contributed by atoms with Crippen molar-refractivity contribution < 1.29 is 14.0 Å². The first-order chi connectivity index (χ1) is 11.6. The third-order valence-corrected chi connectivity index (χ3v) is 3.90. The molecule has 2 N–H and O–H groups in total. The van der Waals surface area contributed by atoms with E-state index >= 15 is 0 Å². The Morgan fingerprint density at radius 3 is 2.12 bits per heavy atom. The number of benzene rings is 2. The van der Waals surface area contributed by atoms with E-state index in [1.807, 2.05) is 6.07 Å². The van der Waals surface area contributed by atoms with Gasteiger partial charge in [0, 0.05) is 0 Å². The second-order valence-electron chi connectivity index (χ2n) is 5.56. The van der Waals surface area contributed by atoms with Gasteiger partial charge in [-0.3, -0.25) is 9.59 Å². The maximum absolute atomic E-state index is 13.5. The maximum atomic E-state index is 13.5. The number of hydrogen-bond acceptors (Lipinski definition) is 3. The lowest BCUT2D eigenvalue weighted by molar-refractivity contribution is -0.122. The highest BCUT2D eigenvalue weighted by Crippen LogP contribution is 2.40. The second kappa shape index (κ2) is 6.50. The van der Waals surface area contributed by atoms with Crippen molar-refractivity contribution in [3.05, 3.63) is 59.9 Å². The summed E-state index contributed by atoms with van der Waals surface area (Å²) >= 11 is 0. The molecule has 0 saturated heterocycles. The van der Waals surface area contributed by atoms with Crippen molar-refractivity contribution >= 4 is 23.2 Å². The Labute approximate surface area is 138 Å². The molecule has 0 radical (unpaired) electrons. The number of nitrogens with one attached hydrogen (secondary N) is 2. The molecular formula is C18H14FN3O2. The number of nitriles is 1. The quantitative estimate of drug-likeness (QED) is 0.907. The van der Waals surface area contributed by atoms with Gasteiger partial charge in [-0.2, -0.15) is 5.26 Å². The van der Waals surface area contributed by atoms with Crippen molar-refractivity contribution in [2.24, 2.45) is 11.8 Å². The van der Waals surface area contributed by atoms with Gasteiger partial charge in [-0.25, -0.2) is 4.39 Å². The number of rotatable bonds is 4. The monoisotopic (exact) mass is 323 g/mol. The molecule has 6 heteroatoms. The van der Waals surface area contributed by atoms with Gasteiger partial charge in [-0.1, -0.05) is 24.3 Å². The third kappa shape index (κ3) is 3.25. The Kier molecular flexibility index (Phi) is 4.25. The van der Waals surface area contributed by atoms with Crippen molar-refractivity contribution in [3.8, 4) is 6.07 Å². The van der Waals surface area contributed by atoms with Gasteiger partial charge in [0.1, 0.15) is 11.9 Å². The molecule has 1 aliphatic rings. The van der Waals surface area contributed by atoms with Crippen molar-refractivity contribution in [2.45, 2.75) is 6.42 Å². The van der Waals surface area contributed by atoms with Gasteiger partial charge in [0.25, 0.3) is 0 Å². The molecule has 5 nitrogen and oxygen atoms in total. The number of anilines is 2. The molecule has 1 aliphatic carbocycles. The van der Waals surface area contributed by atoms with Crippen LogP contribution >= 0.6 is 0 Å². The normalized spacial score (nSPS) is 18.3. The molecule has 1 saturated carbocycles. The van der Waals surface area contributed by atoms with Crippen LogP contribution in [0.15, 0.2) is 48.5 Å². The number of para-hydroxylation sites is 2. The van der Waals surface area contributed by atoms with Crippen LogP contribution in [-0.4, -0.2) is 11.8 Å². The molecule has 3 rings (SSSR count). The van der Waals surface area contributed by atoms with E-state index in [9.17, 15) is 14.0 Å². The van der Waals surface area contributed by atoms with Gasteiger partial charge < -0.3 is 10.6 Å². The lowest BCUT2D eigenvalue weighted by Crippen LogP contribution is -2.21. The van der Waals surface area contributed by atoms with Crippen molar-refractivity contribution in [1.82, 2.24) is 0 Å².